The van der Waals surface area contributed by atoms with Crippen LogP contribution in [-0.4, -0.2) is 53.6 Å². The largest absolute Gasteiger partial charge is 0.355 e. The molecular weight excluding hydrogens is 354 g/mol. The molecule has 0 atom stereocenters. The lowest BCUT2D eigenvalue weighted by molar-refractivity contribution is -0.122. The Kier molecular flexibility index (Phi) is 5.90. The molecule has 0 radical (unpaired) electrons. The van der Waals surface area contributed by atoms with Crippen molar-refractivity contribution in [3.8, 4) is 0 Å². The number of hydrogen-bond acceptors (Lipinski definition) is 4. The zero-order valence-corrected chi connectivity index (χ0v) is 15.4. The fraction of sp³-hybridized carbons (Fsp3) is 0.389. The van der Waals surface area contributed by atoms with E-state index in [2.05, 4.69) is 20.8 Å². The second-order valence-electron chi connectivity index (χ2n) is 6.30. The second kappa shape index (κ2) is 8.33. The molecule has 3 N–H and O–H groups in total. The molecule has 1 aliphatic rings. The van der Waals surface area contributed by atoms with Crippen LogP contribution < -0.4 is 10.6 Å². The van der Waals surface area contributed by atoms with Crippen LogP contribution in [0.1, 0.15) is 27.3 Å². The lowest BCUT2D eigenvalue weighted by Gasteiger charge is -2.26. The highest BCUT2D eigenvalue weighted by molar-refractivity contribution is 6.30. The molecule has 0 saturated heterocycles. The first kappa shape index (κ1) is 18.4. The Morgan fingerprint density at radius 1 is 1.31 bits per heavy atom. The van der Waals surface area contributed by atoms with Gasteiger partial charge in [0, 0.05) is 49.4 Å². The van der Waals surface area contributed by atoms with Crippen molar-refractivity contribution >= 4 is 23.4 Å². The number of carbonyl (C=O) groups excluding carboxylic acids is 2. The predicted octanol–water partition coefficient (Wildman–Crippen LogP) is 1.14. The van der Waals surface area contributed by atoms with Gasteiger partial charge in [-0.05, 0) is 24.1 Å². The maximum absolute atomic E-state index is 12.2. The Morgan fingerprint density at radius 3 is 2.81 bits per heavy atom. The summed E-state index contributed by atoms with van der Waals surface area (Å²) in [7, 11) is 1.58. The summed E-state index contributed by atoms with van der Waals surface area (Å²) in [6.07, 6.45) is 1.51. The molecule has 0 bridgehead atoms. The zero-order chi connectivity index (χ0) is 18.5. The normalized spacial score (nSPS) is 13.9. The van der Waals surface area contributed by atoms with Crippen LogP contribution in [0.25, 0.3) is 0 Å². The fourth-order valence-electron chi connectivity index (χ4n) is 3.05. The molecule has 2 amide bonds. The van der Waals surface area contributed by atoms with Gasteiger partial charge in [-0.1, -0.05) is 23.7 Å². The Bertz CT molecular complexity index is 787. The molecule has 0 saturated carbocycles. The van der Waals surface area contributed by atoms with E-state index in [0.717, 1.165) is 36.2 Å². The van der Waals surface area contributed by atoms with E-state index in [4.69, 9.17) is 11.6 Å². The third kappa shape index (κ3) is 4.42. The average Bonchev–Trinajstić information content (AvgIpc) is 3.06. The molecule has 0 unspecified atom stereocenters. The fourth-order valence-corrected chi connectivity index (χ4v) is 3.17. The minimum absolute atomic E-state index is 0.0209. The topological polar surface area (TPSA) is 90.1 Å². The lowest BCUT2D eigenvalue weighted by atomic mass is 10.0. The molecule has 3 rings (SSSR count). The number of hydrogen-bond donors (Lipinski definition) is 3. The van der Waals surface area contributed by atoms with Crippen molar-refractivity contribution in [2.45, 2.75) is 19.4 Å². The number of nitrogens with zero attached hydrogens (tertiary/aromatic N) is 2. The van der Waals surface area contributed by atoms with Crippen LogP contribution in [0.3, 0.4) is 0 Å². The van der Waals surface area contributed by atoms with E-state index in [1.807, 2.05) is 29.2 Å². The summed E-state index contributed by atoms with van der Waals surface area (Å²) in [6.45, 7) is 2.18. The van der Waals surface area contributed by atoms with E-state index in [9.17, 15) is 9.59 Å². The van der Waals surface area contributed by atoms with Gasteiger partial charge in [0.25, 0.3) is 5.91 Å². The molecule has 8 heteroatoms. The zero-order valence-electron chi connectivity index (χ0n) is 14.6. The van der Waals surface area contributed by atoms with Crippen LogP contribution in [0.4, 0.5) is 0 Å². The van der Waals surface area contributed by atoms with Gasteiger partial charge >= 0.3 is 0 Å². The Hall–Kier alpha value is -2.38. The number of aromatic amines is 1. The Labute approximate surface area is 157 Å². The van der Waals surface area contributed by atoms with Gasteiger partial charge in [0.1, 0.15) is 0 Å². The minimum atomic E-state index is -0.211. The van der Waals surface area contributed by atoms with Crippen LogP contribution in [0.5, 0.6) is 0 Å². The summed E-state index contributed by atoms with van der Waals surface area (Å²) >= 11 is 5.87. The van der Waals surface area contributed by atoms with E-state index in [-0.39, 0.29) is 11.8 Å². The minimum Gasteiger partial charge on any atom is -0.355 e. The molecule has 2 aromatic rings. The van der Waals surface area contributed by atoms with Gasteiger partial charge in [0.15, 0.2) is 5.69 Å². The summed E-state index contributed by atoms with van der Waals surface area (Å²) in [5.74, 6) is -0.232. The molecule has 138 valence electrons. The van der Waals surface area contributed by atoms with Crippen LogP contribution in [0, 0.1) is 0 Å². The molecule has 1 aromatic carbocycles. The molecule has 0 aliphatic carbocycles. The number of fused-ring (bicyclic) bond motifs is 1. The first-order valence-corrected chi connectivity index (χ1v) is 8.96. The molecule has 1 aromatic heterocycles. The third-order valence-corrected chi connectivity index (χ3v) is 4.72. The van der Waals surface area contributed by atoms with Gasteiger partial charge < -0.3 is 10.6 Å². The van der Waals surface area contributed by atoms with Crippen molar-refractivity contribution in [3.63, 3.8) is 0 Å². The summed E-state index contributed by atoms with van der Waals surface area (Å²) < 4.78 is 0. The number of amides is 2. The van der Waals surface area contributed by atoms with Gasteiger partial charge in [-0.25, -0.2) is 0 Å². The third-order valence-electron chi connectivity index (χ3n) is 4.47. The second-order valence-corrected chi connectivity index (χ2v) is 6.73. The van der Waals surface area contributed by atoms with Gasteiger partial charge in [-0.2, -0.15) is 5.10 Å². The molecular formula is C18H22ClN5O2. The van der Waals surface area contributed by atoms with Gasteiger partial charge in [0.05, 0.1) is 6.54 Å². The van der Waals surface area contributed by atoms with Crippen LogP contribution in [0.15, 0.2) is 24.3 Å². The van der Waals surface area contributed by atoms with Crippen molar-refractivity contribution in [1.29, 1.82) is 0 Å². The molecule has 7 nitrogen and oxygen atoms in total. The van der Waals surface area contributed by atoms with Gasteiger partial charge in [-0.15, -0.1) is 0 Å². The van der Waals surface area contributed by atoms with E-state index in [1.54, 1.807) is 7.05 Å². The maximum atomic E-state index is 12.2. The van der Waals surface area contributed by atoms with Crippen molar-refractivity contribution in [1.82, 2.24) is 25.7 Å². The predicted molar refractivity (Wildman–Crippen MR) is 99.1 cm³/mol. The average molecular weight is 376 g/mol. The number of carbonyl (C=O) groups is 2. The molecule has 0 fully saturated rings. The van der Waals surface area contributed by atoms with E-state index in [0.29, 0.717) is 30.4 Å². The number of benzene rings is 1. The van der Waals surface area contributed by atoms with E-state index < -0.39 is 0 Å². The molecule has 26 heavy (non-hydrogen) atoms. The molecule has 0 spiro atoms. The van der Waals surface area contributed by atoms with E-state index in [1.165, 1.54) is 0 Å². The summed E-state index contributed by atoms with van der Waals surface area (Å²) in [5.41, 5.74) is 3.40. The number of halogens is 1. The molecule has 1 aliphatic heterocycles. The monoisotopic (exact) mass is 375 g/mol. The number of rotatable bonds is 6. The SMILES string of the molecule is CNC(=O)c1n[nH]c2c1CN(CC(=O)NCCc1ccc(Cl)cc1)CC2. The summed E-state index contributed by atoms with van der Waals surface area (Å²) in [5, 5.41) is 13.3. The van der Waals surface area contributed by atoms with Gasteiger partial charge in [-0.3, -0.25) is 19.6 Å². The van der Waals surface area contributed by atoms with Crippen molar-refractivity contribution in [2.24, 2.45) is 0 Å². The van der Waals surface area contributed by atoms with Gasteiger partial charge in [0.2, 0.25) is 5.91 Å². The number of nitrogens with one attached hydrogen (secondary N) is 3. The number of H-pyrrole nitrogens is 1. The summed E-state index contributed by atoms with van der Waals surface area (Å²) in [6, 6.07) is 7.61. The summed E-state index contributed by atoms with van der Waals surface area (Å²) in [4.78, 5) is 26.1. The standard InChI is InChI=1S/C18H22ClN5O2/c1-20-18(26)17-14-10-24(9-7-15(14)22-23-17)11-16(25)21-8-6-12-2-4-13(19)5-3-12/h2-5H,6-11H2,1H3,(H,20,26)(H,21,25)(H,22,23). The van der Waals surface area contributed by atoms with E-state index >= 15 is 0 Å². The lowest BCUT2D eigenvalue weighted by Crippen LogP contribution is -2.40. The highest BCUT2D eigenvalue weighted by Crippen LogP contribution is 2.20. The van der Waals surface area contributed by atoms with Crippen molar-refractivity contribution in [2.75, 3.05) is 26.7 Å². The van der Waals surface area contributed by atoms with Crippen molar-refractivity contribution < 1.29 is 9.59 Å². The highest BCUT2D eigenvalue weighted by atomic mass is 35.5. The quantitative estimate of drug-likeness (QED) is 0.706. The van der Waals surface area contributed by atoms with Crippen LogP contribution >= 0.6 is 11.6 Å². The maximum Gasteiger partial charge on any atom is 0.271 e. The smallest absolute Gasteiger partial charge is 0.271 e. The highest BCUT2D eigenvalue weighted by Gasteiger charge is 2.25. The Morgan fingerprint density at radius 2 is 2.08 bits per heavy atom. The van der Waals surface area contributed by atoms with Crippen LogP contribution in [-0.2, 0) is 24.2 Å². The first-order chi connectivity index (χ1) is 12.6. The Balaban J connectivity index is 1.48. The van der Waals surface area contributed by atoms with Crippen LogP contribution in [0.2, 0.25) is 5.02 Å². The number of aromatic nitrogens is 2. The van der Waals surface area contributed by atoms with Crippen molar-refractivity contribution in [3.05, 3.63) is 51.8 Å². The molecule has 2 heterocycles. The first-order valence-electron chi connectivity index (χ1n) is 8.58.